The van der Waals surface area contributed by atoms with Gasteiger partial charge in [0, 0.05) is 17.8 Å². The summed E-state index contributed by atoms with van der Waals surface area (Å²) in [7, 11) is 0. The lowest BCUT2D eigenvalue weighted by molar-refractivity contribution is 0.515. The zero-order chi connectivity index (χ0) is 13.9. The summed E-state index contributed by atoms with van der Waals surface area (Å²) < 4.78 is 2.33. The van der Waals surface area contributed by atoms with Crippen molar-refractivity contribution in [2.24, 2.45) is 5.73 Å². The van der Waals surface area contributed by atoms with Crippen molar-refractivity contribution in [3.63, 3.8) is 0 Å². The van der Waals surface area contributed by atoms with Crippen LogP contribution < -0.4 is 5.73 Å². The number of aromatic nitrogens is 2. The number of nitrogens with zero attached hydrogens (tertiary/aromatic N) is 2. The van der Waals surface area contributed by atoms with Crippen molar-refractivity contribution in [2.75, 3.05) is 0 Å². The molecular weight excluding hydrogens is 246 g/mol. The van der Waals surface area contributed by atoms with Gasteiger partial charge in [-0.05, 0) is 31.2 Å². The monoisotopic (exact) mass is 269 g/mol. The number of hydrogen-bond donors (Lipinski definition) is 1. The number of fused-ring (bicyclic) bond motifs is 1. The molecule has 0 unspecified atom stereocenters. The molecule has 0 amide bonds. The SMILES string of the molecule is CCCc1ccc(-c2nc(CN)n3c2CCCC3)cc1. The Kier molecular flexibility index (Phi) is 3.88. The van der Waals surface area contributed by atoms with Crippen LogP contribution in [-0.4, -0.2) is 9.55 Å². The Morgan fingerprint density at radius 1 is 1.20 bits per heavy atom. The van der Waals surface area contributed by atoms with Crippen molar-refractivity contribution in [3.05, 3.63) is 41.3 Å². The number of aryl methyl sites for hydroxylation is 1. The van der Waals surface area contributed by atoms with E-state index in [0.717, 1.165) is 30.9 Å². The van der Waals surface area contributed by atoms with Crippen LogP contribution in [0.15, 0.2) is 24.3 Å². The van der Waals surface area contributed by atoms with E-state index in [2.05, 4.69) is 35.8 Å². The quantitative estimate of drug-likeness (QED) is 0.925. The van der Waals surface area contributed by atoms with E-state index in [1.54, 1.807) is 0 Å². The second kappa shape index (κ2) is 5.80. The van der Waals surface area contributed by atoms with Gasteiger partial charge in [0.2, 0.25) is 0 Å². The topological polar surface area (TPSA) is 43.8 Å². The third-order valence-electron chi connectivity index (χ3n) is 4.15. The molecule has 1 aliphatic rings. The van der Waals surface area contributed by atoms with Gasteiger partial charge in [-0.15, -0.1) is 0 Å². The highest BCUT2D eigenvalue weighted by Gasteiger charge is 2.19. The van der Waals surface area contributed by atoms with Gasteiger partial charge >= 0.3 is 0 Å². The molecule has 1 aliphatic heterocycles. The molecule has 1 aromatic heterocycles. The van der Waals surface area contributed by atoms with E-state index in [9.17, 15) is 0 Å². The first-order chi connectivity index (χ1) is 9.83. The summed E-state index contributed by atoms with van der Waals surface area (Å²) in [6.45, 7) is 3.82. The summed E-state index contributed by atoms with van der Waals surface area (Å²) >= 11 is 0. The van der Waals surface area contributed by atoms with Gasteiger partial charge in [0.25, 0.3) is 0 Å². The third kappa shape index (κ3) is 2.38. The van der Waals surface area contributed by atoms with Gasteiger partial charge in [0.05, 0.1) is 12.2 Å². The Bertz CT molecular complexity index is 581. The van der Waals surface area contributed by atoms with Crippen molar-refractivity contribution in [1.82, 2.24) is 9.55 Å². The van der Waals surface area contributed by atoms with Gasteiger partial charge in [-0.3, -0.25) is 0 Å². The maximum atomic E-state index is 5.85. The van der Waals surface area contributed by atoms with E-state index in [1.807, 2.05) is 0 Å². The summed E-state index contributed by atoms with van der Waals surface area (Å²) in [4.78, 5) is 4.79. The van der Waals surface area contributed by atoms with Crippen LogP contribution in [0.2, 0.25) is 0 Å². The zero-order valence-corrected chi connectivity index (χ0v) is 12.2. The normalized spacial score (nSPS) is 14.3. The maximum absolute atomic E-state index is 5.85. The highest BCUT2D eigenvalue weighted by Crippen LogP contribution is 2.29. The average Bonchev–Trinajstić information content (AvgIpc) is 2.87. The summed E-state index contributed by atoms with van der Waals surface area (Å²) in [5.74, 6) is 1.03. The molecule has 0 radical (unpaired) electrons. The van der Waals surface area contributed by atoms with Crippen LogP contribution in [0.1, 0.15) is 43.3 Å². The minimum absolute atomic E-state index is 0.529. The molecule has 0 saturated heterocycles. The van der Waals surface area contributed by atoms with Gasteiger partial charge in [0.1, 0.15) is 5.82 Å². The average molecular weight is 269 g/mol. The van der Waals surface area contributed by atoms with Crippen LogP contribution in [0.25, 0.3) is 11.3 Å². The molecule has 0 bridgehead atoms. The van der Waals surface area contributed by atoms with Crippen LogP contribution in [-0.2, 0) is 25.9 Å². The molecule has 2 aromatic rings. The summed E-state index contributed by atoms with van der Waals surface area (Å²) in [6, 6.07) is 8.89. The first-order valence-corrected chi connectivity index (χ1v) is 7.71. The van der Waals surface area contributed by atoms with Gasteiger partial charge in [0.15, 0.2) is 0 Å². The third-order valence-corrected chi connectivity index (χ3v) is 4.15. The Labute approximate surface area is 120 Å². The largest absolute Gasteiger partial charge is 0.330 e. The van der Waals surface area contributed by atoms with E-state index in [-0.39, 0.29) is 0 Å². The van der Waals surface area contributed by atoms with E-state index >= 15 is 0 Å². The second-order valence-electron chi connectivity index (χ2n) is 5.58. The van der Waals surface area contributed by atoms with Crippen LogP contribution in [0, 0.1) is 0 Å². The first kappa shape index (κ1) is 13.4. The van der Waals surface area contributed by atoms with Gasteiger partial charge in [-0.1, -0.05) is 37.6 Å². The van der Waals surface area contributed by atoms with E-state index in [0.29, 0.717) is 6.54 Å². The molecule has 106 valence electrons. The molecule has 3 nitrogen and oxygen atoms in total. The Balaban J connectivity index is 1.99. The van der Waals surface area contributed by atoms with E-state index < -0.39 is 0 Å². The minimum Gasteiger partial charge on any atom is -0.330 e. The lowest BCUT2D eigenvalue weighted by atomic mass is 10.0. The second-order valence-corrected chi connectivity index (χ2v) is 5.58. The number of imidazole rings is 1. The smallest absolute Gasteiger partial charge is 0.123 e. The van der Waals surface area contributed by atoms with Crippen LogP contribution in [0.4, 0.5) is 0 Å². The predicted octanol–water partition coefficient (Wildman–Crippen LogP) is 3.30. The molecule has 0 aliphatic carbocycles. The van der Waals surface area contributed by atoms with Crippen LogP contribution >= 0.6 is 0 Å². The lowest BCUT2D eigenvalue weighted by Gasteiger charge is -2.17. The van der Waals surface area contributed by atoms with Gasteiger partial charge < -0.3 is 10.3 Å². The zero-order valence-electron chi connectivity index (χ0n) is 12.2. The first-order valence-electron chi connectivity index (χ1n) is 7.71. The fourth-order valence-electron chi connectivity index (χ4n) is 3.12. The molecule has 0 atom stereocenters. The Morgan fingerprint density at radius 2 is 2.00 bits per heavy atom. The highest BCUT2D eigenvalue weighted by atomic mass is 15.1. The standard InChI is InChI=1S/C17H23N3/c1-2-5-13-7-9-14(10-8-13)17-15-6-3-4-11-20(15)16(12-18)19-17/h7-10H,2-6,11-12,18H2,1H3. The Hall–Kier alpha value is -1.61. The lowest BCUT2D eigenvalue weighted by Crippen LogP contribution is -2.15. The fourth-order valence-corrected chi connectivity index (χ4v) is 3.12. The predicted molar refractivity (Wildman–Crippen MR) is 82.5 cm³/mol. The molecule has 2 heterocycles. The van der Waals surface area contributed by atoms with Crippen molar-refractivity contribution < 1.29 is 0 Å². The molecule has 3 rings (SSSR count). The molecule has 2 N–H and O–H groups in total. The number of nitrogens with two attached hydrogens (primary N) is 1. The maximum Gasteiger partial charge on any atom is 0.123 e. The highest BCUT2D eigenvalue weighted by molar-refractivity contribution is 5.63. The van der Waals surface area contributed by atoms with Crippen molar-refractivity contribution in [3.8, 4) is 11.3 Å². The van der Waals surface area contributed by atoms with E-state index in [4.69, 9.17) is 10.7 Å². The van der Waals surface area contributed by atoms with Crippen molar-refractivity contribution >= 4 is 0 Å². The molecule has 0 spiro atoms. The number of benzene rings is 1. The Morgan fingerprint density at radius 3 is 2.70 bits per heavy atom. The summed E-state index contributed by atoms with van der Waals surface area (Å²) in [5, 5.41) is 0. The summed E-state index contributed by atoms with van der Waals surface area (Å²) in [6.07, 6.45) is 5.97. The molecular formula is C17H23N3. The van der Waals surface area contributed by atoms with Gasteiger partial charge in [-0.2, -0.15) is 0 Å². The molecule has 1 aromatic carbocycles. The van der Waals surface area contributed by atoms with E-state index in [1.165, 1.54) is 36.1 Å². The van der Waals surface area contributed by atoms with Gasteiger partial charge in [-0.25, -0.2) is 4.98 Å². The van der Waals surface area contributed by atoms with Crippen molar-refractivity contribution in [2.45, 2.75) is 52.1 Å². The fraction of sp³-hybridized carbons (Fsp3) is 0.471. The number of hydrogen-bond acceptors (Lipinski definition) is 2. The molecule has 20 heavy (non-hydrogen) atoms. The van der Waals surface area contributed by atoms with Crippen LogP contribution in [0.3, 0.4) is 0 Å². The van der Waals surface area contributed by atoms with Crippen LogP contribution in [0.5, 0.6) is 0 Å². The molecule has 3 heteroatoms. The minimum atomic E-state index is 0.529. The molecule has 0 fully saturated rings. The van der Waals surface area contributed by atoms with Crippen molar-refractivity contribution in [1.29, 1.82) is 0 Å². The number of rotatable bonds is 4. The summed E-state index contributed by atoms with van der Waals surface area (Å²) in [5.41, 5.74) is 11.0. The molecule has 0 saturated carbocycles.